The first-order chi connectivity index (χ1) is 18.0. The Labute approximate surface area is 224 Å². The molecule has 10 heteroatoms. The van der Waals surface area contributed by atoms with Crippen molar-refractivity contribution in [3.63, 3.8) is 0 Å². The molecular formula is C28H26ClN5O4. The molecule has 0 aliphatic carbocycles. The fourth-order valence-corrected chi connectivity index (χ4v) is 3.71. The Morgan fingerprint density at radius 2 is 1.76 bits per heavy atom. The molecule has 194 valence electrons. The lowest BCUT2D eigenvalue weighted by Crippen LogP contribution is -2.28. The number of carbonyl (C=O) groups excluding carboxylic acids is 2. The summed E-state index contributed by atoms with van der Waals surface area (Å²) in [5.74, 6) is -0.905. The Balaban J connectivity index is 1.56. The van der Waals surface area contributed by atoms with Gasteiger partial charge in [0.25, 0.3) is 11.5 Å². The lowest BCUT2D eigenvalue weighted by Gasteiger charge is -2.19. The van der Waals surface area contributed by atoms with Gasteiger partial charge >= 0.3 is 0 Å². The molecule has 0 bridgehead atoms. The lowest BCUT2D eigenvalue weighted by atomic mass is 9.95. The molecule has 0 aliphatic heterocycles. The van der Waals surface area contributed by atoms with Gasteiger partial charge in [-0.1, -0.05) is 44.5 Å². The molecule has 3 N–H and O–H groups in total. The fourth-order valence-electron chi connectivity index (χ4n) is 3.54. The van der Waals surface area contributed by atoms with Crippen molar-refractivity contribution < 1.29 is 14.7 Å². The predicted molar refractivity (Wildman–Crippen MR) is 146 cm³/mol. The number of rotatable bonds is 6. The van der Waals surface area contributed by atoms with Crippen LogP contribution in [0.5, 0.6) is 5.88 Å². The molecule has 4 rings (SSSR count). The van der Waals surface area contributed by atoms with E-state index < -0.39 is 11.3 Å². The topological polar surface area (TPSA) is 126 Å². The molecule has 2 aromatic carbocycles. The number of nitrogens with one attached hydrogen (secondary N) is 2. The molecule has 0 saturated heterocycles. The minimum Gasteiger partial charge on any atom is -0.492 e. The SMILES string of the molecule is CC(C)(C)C(=O)Nc1cc(Cl)ccc1-c1cc(=O)n(Cc2cccc(C(=O)Nc3cccnc3O)c2)cn1. The smallest absolute Gasteiger partial charge is 0.255 e. The van der Waals surface area contributed by atoms with E-state index in [9.17, 15) is 19.5 Å². The summed E-state index contributed by atoms with van der Waals surface area (Å²) in [5.41, 5.74) is 1.72. The summed E-state index contributed by atoms with van der Waals surface area (Å²) in [4.78, 5) is 46.4. The summed E-state index contributed by atoms with van der Waals surface area (Å²) in [6.45, 7) is 5.58. The molecule has 0 radical (unpaired) electrons. The van der Waals surface area contributed by atoms with Gasteiger partial charge in [-0.15, -0.1) is 0 Å². The van der Waals surface area contributed by atoms with E-state index in [0.717, 1.165) is 0 Å². The Bertz CT molecular complexity index is 1580. The zero-order chi connectivity index (χ0) is 27.4. The van der Waals surface area contributed by atoms with Crippen molar-refractivity contribution >= 4 is 34.8 Å². The molecule has 0 saturated carbocycles. The summed E-state index contributed by atoms with van der Waals surface area (Å²) in [6, 6.07) is 16.3. The molecule has 2 amide bonds. The number of benzene rings is 2. The standard InChI is InChI=1S/C28H26ClN5O4/c1-28(2,3)27(38)33-23-13-19(29)9-10-20(23)22-14-24(35)34(16-31-22)15-17-6-4-7-18(12-17)25(36)32-21-8-5-11-30-26(21)37/h4-14,16H,15H2,1-3H3,(H,30,37)(H,32,36)(H,33,38). The zero-order valence-electron chi connectivity index (χ0n) is 21.0. The van der Waals surface area contributed by atoms with E-state index in [1.54, 1.807) is 69.3 Å². The van der Waals surface area contributed by atoms with E-state index in [2.05, 4.69) is 20.6 Å². The second-order valence-corrected chi connectivity index (χ2v) is 10.1. The van der Waals surface area contributed by atoms with Gasteiger partial charge in [0.15, 0.2) is 0 Å². The number of hydrogen-bond acceptors (Lipinski definition) is 6. The highest BCUT2D eigenvalue weighted by molar-refractivity contribution is 6.31. The van der Waals surface area contributed by atoms with Crippen molar-refractivity contribution in [2.24, 2.45) is 5.41 Å². The number of aromatic nitrogens is 3. The average molecular weight is 532 g/mol. The second kappa shape index (κ2) is 10.9. The molecule has 4 aromatic rings. The van der Waals surface area contributed by atoms with Crippen LogP contribution in [-0.2, 0) is 11.3 Å². The molecule has 0 unspecified atom stereocenters. The quantitative estimate of drug-likeness (QED) is 0.323. The lowest BCUT2D eigenvalue weighted by molar-refractivity contribution is -0.123. The van der Waals surface area contributed by atoms with Crippen molar-refractivity contribution in [3.8, 4) is 17.1 Å². The molecule has 38 heavy (non-hydrogen) atoms. The third-order valence-electron chi connectivity index (χ3n) is 5.64. The number of aromatic hydroxyl groups is 1. The molecule has 2 heterocycles. The normalized spacial score (nSPS) is 11.2. The number of amides is 2. The first-order valence-electron chi connectivity index (χ1n) is 11.7. The minimum atomic E-state index is -0.625. The van der Waals surface area contributed by atoms with Gasteiger partial charge < -0.3 is 15.7 Å². The van der Waals surface area contributed by atoms with Gasteiger partial charge in [-0.25, -0.2) is 9.97 Å². The van der Waals surface area contributed by atoms with Gasteiger partial charge in [0.05, 0.1) is 24.3 Å². The van der Waals surface area contributed by atoms with Crippen LogP contribution in [0.4, 0.5) is 11.4 Å². The number of nitrogens with zero attached hydrogens (tertiary/aromatic N) is 3. The van der Waals surface area contributed by atoms with Crippen molar-refractivity contribution in [1.29, 1.82) is 0 Å². The van der Waals surface area contributed by atoms with Crippen molar-refractivity contribution in [2.75, 3.05) is 10.6 Å². The average Bonchev–Trinajstić information content (AvgIpc) is 2.86. The Morgan fingerprint density at radius 3 is 2.47 bits per heavy atom. The van der Waals surface area contributed by atoms with Crippen LogP contribution in [0.15, 0.2) is 78.0 Å². The largest absolute Gasteiger partial charge is 0.492 e. The molecule has 0 aliphatic rings. The van der Waals surface area contributed by atoms with Gasteiger partial charge in [0, 0.05) is 33.8 Å². The number of pyridine rings is 1. The summed E-state index contributed by atoms with van der Waals surface area (Å²) in [5, 5.41) is 15.7. The van der Waals surface area contributed by atoms with Gasteiger partial charge in [-0.05, 0) is 48.0 Å². The van der Waals surface area contributed by atoms with Crippen LogP contribution in [-0.4, -0.2) is 31.5 Å². The maximum absolute atomic E-state index is 13.0. The van der Waals surface area contributed by atoms with E-state index in [0.29, 0.717) is 33.1 Å². The summed E-state index contributed by atoms with van der Waals surface area (Å²) in [6.07, 6.45) is 2.83. The molecule has 0 spiro atoms. The van der Waals surface area contributed by atoms with E-state index in [1.165, 1.54) is 29.2 Å². The molecule has 0 atom stereocenters. The van der Waals surface area contributed by atoms with Crippen LogP contribution in [0.25, 0.3) is 11.3 Å². The maximum Gasteiger partial charge on any atom is 0.255 e. The fraction of sp³-hybridized carbons (Fsp3) is 0.179. The van der Waals surface area contributed by atoms with Crippen LogP contribution in [0, 0.1) is 5.41 Å². The first-order valence-corrected chi connectivity index (χ1v) is 12.1. The summed E-state index contributed by atoms with van der Waals surface area (Å²) < 4.78 is 1.41. The molecule has 9 nitrogen and oxygen atoms in total. The van der Waals surface area contributed by atoms with E-state index in [1.807, 2.05) is 0 Å². The molecule has 2 aromatic heterocycles. The van der Waals surface area contributed by atoms with Gasteiger partial charge in [-0.3, -0.25) is 19.0 Å². The predicted octanol–water partition coefficient (Wildman–Crippen LogP) is 4.95. The van der Waals surface area contributed by atoms with Crippen molar-refractivity contribution in [1.82, 2.24) is 14.5 Å². The van der Waals surface area contributed by atoms with Crippen LogP contribution in [0.2, 0.25) is 5.02 Å². The van der Waals surface area contributed by atoms with E-state index >= 15 is 0 Å². The van der Waals surface area contributed by atoms with Crippen LogP contribution >= 0.6 is 11.6 Å². The Morgan fingerprint density at radius 1 is 0.974 bits per heavy atom. The van der Waals surface area contributed by atoms with Gasteiger partial charge in [-0.2, -0.15) is 0 Å². The molecule has 0 fully saturated rings. The third kappa shape index (κ3) is 6.24. The number of hydrogen-bond donors (Lipinski definition) is 3. The first kappa shape index (κ1) is 26.6. The van der Waals surface area contributed by atoms with E-state index in [-0.39, 0.29) is 29.6 Å². The highest BCUT2D eigenvalue weighted by Crippen LogP contribution is 2.30. The van der Waals surface area contributed by atoms with E-state index in [4.69, 9.17) is 11.6 Å². The van der Waals surface area contributed by atoms with Crippen LogP contribution < -0.4 is 16.2 Å². The Kier molecular flexibility index (Phi) is 7.59. The van der Waals surface area contributed by atoms with Gasteiger partial charge in [0.1, 0.15) is 5.69 Å². The Hall–Kier alpha value is -4.50. The van der Waals surface area contributed by atoms with Crippen molar-refractivity contribution in [3.05, 3.63) is 99.7 Å². The zero-order valence-corrected chi connectivity index (χ0v) is 21.8. The highest BCUT2D eigenvalue weighted by Gasteiger charge is 2.23. The maximum atomic E-state index is 13.0. The summed E-state index contributed by atoms with van der Waals surface area (Å²) in [7, 11) is 0. The number of carbonyl (C=O) groups is 2. The second-order valence-electron chi connectivity index (χ2n) is 9.66. The van der Waals surface area contributed by atoms with Crippen molar-refractivity contribution in [2.45, 2.75) is 27.3 Å². The number of anilines is 2. The number of halogens is 1. The minimum absolute atomic E-state index is 0.180. The highest BCUT2D eigenvalue weighted by atomic mass is 35.5. The van der Waals surface area contributed by atoms with Gasteiger partial charge in [0.2, 0.25) is 11.8 Å². The third-order valence-corrected chi connectivity index (χ3v) is 5.88. The van der Waals surface area contributed by atoms with Crippen LogP contribution in [0.3, 0.4) is 0 Å². The molecular weight excluding hydrogens is 506 g/mol. The summed E-state index contributed by atoms with van der Waals surface area (Å²) >= 11 is 6.16. The monoisotopic (exact) mass is 531 g/mol. The van der Waals surface area contributed by atoms with Crippen LogP contribution in [0.1, 0.15) is 36.7 Å².